The summed E-state index contributed by atoms with van der Waals surface area (Å²) in [5.74, 6) is 0. The number of hydrogen-bond donors (Lipinski definition) is 0. The van der Waals surface area contributed by atoms with Crippen LogP contribution in [0.25, 0.3) is 0 Å². The van der Waals surface area contributed by atoms with Gasteiger partial charge in [0.2, 0.25) is 3.79 Å². The Morgan fingerprint density at radius 2 is 1.06 bits per heavy atom. The lowest BCUT2D eigenvalue weighted by molar-refractivity contribution is 1.47. The first-order valence-electron chi connectivity index (χ1n) is 3.90. The maximum atomic E-state index is 5.92. The van der Waals surface area contributed by atoms with Gasteiger partial charge < -0.3 is 0 Å². The van der Waals surface area contributed by atoms with E-state index < -0.39 is 3.79 Å². The zero-order valence-corrected chi connectivity index (χ0v) is 14.7. The molecule has 0 amide bonds. The third-order valence-corrected chi connectivity index (χ3v) is 5.08. The molecule has 100 valence electrons. The van der Waals surface area contributed by atoms with Gasteiger partial charge in [0, 0.05) is 0 Å². The Hall–Kier alpha value is 1.50. The van der Waals surface area contributed by atoms with E-state index in [9.17, 15) is 0 Å². The van der Waals surface area contributed by atoms with E-state index in [4.69, 9.17) is 104 Å². The highest BCUT2D eigenvalue weighted by atomic mass is 35.6. The second-order valence-corrected chi connectivity index (χ2v) is 7.35. The summed E-state index contributed by atoms with van der Waals surface area (Å²) in [7, 11) is 0. The number of halogens is 9. The van der Waals surface area contributed by atoms with E-state index in [2.05, 4.69) is 4.99 Å². The molecule has 1 aromatic rings. The van der Waals surface area contributed by atoms with Crippen LogP contribution in [0.3, 0.4) is 0 Å². The van der Waals surface area contributed by atoms with Crippen molar-refractivity contribution in [3.8, 4) is 0 Å². The van der Waals surface area contributed by atoms with Crippen LogP contribution < -0.4 is 0 Å². The van der Waals surface area contributed by atoms with Gasteiger partial charge in [-0.25, -0.2) is 4.99 Å². The van der Waals surface area contributed by atoms with E-state index >= 15 is 0 Å². The molecule has 1 aromatic carbocycles. The number of benzene rings is 1. The molecule has 0 fully saturated rings. The van der Waals surface area contributed by atoms with E-state index in [-0.39, 0.29) is 36.0 Å². The fourth-order valence-electron chi connectivity index (χ4n) is 0.853. The molecule has 1 rings (SSSR count). The van der Waals surface area contributed by atoms with E-state index in [1.165, 1.54) is 0 Å². The molecule has 1 nitrogen and oxygen atoms in total. The van der Waals surface area contributed by atoms with Gasteiger partial charge in [0.1, 0.15) is 5.69 Å². The summed E-state index contributed by atoms with van der Waals surface area (Å²) < 4.78 is -1.92. The zero-order valence-electron chi connectivity index (χ0n) is 7.85. The third-order valence-electron chi connectivity index (χ3n) is 1.63. The lowest BCUT2D eigenvalue weighted by Crippen LogP contribution is -2.11. The van der Waals surface area contributed by atoms with Crippen LogP contribution in [0.5, 0.6) is 0 Å². The number of nitrogens with zero attached hydrogens (tertiary/aromatic N) is 1. The van der Waals surface area contributed by atoms with Crippen LogP contribution >= 0.6 is 104 Å². The summed E-state index contributed by atoms with van der Waals surface area (Å²) in [6, 6.07) is 0. The molecular formula is C8Cl9N. The quantitative estimate of drug-likeness (QED) is 0.189. The molecular weight excluding hydrogens is 429 g/mol. The summed E-state index contributed by atoms with van der Waals surface area (Å²) in [6.07, 6.45) is 0. The summed E-state index contributed by atoms with van der Waals surface area (Å²) in [4.78, 5) is 3.79. The van der Waals surface area contributed by atoms with E-state index in [1.807, 2.05) is 0 Å². The molecule has 0 atom stereocenters. The van der Waals surface area contributed by atoms with Crippen LogP contribution in [0.4, 0.5) is 5.69 Å². The van der Waals surface area contributed by atoms with Gasteiger partial charge in [-0.1, -0.05) is 104 Å². The Balaban J connectivity index is 3.53. The van der Waals surface area contributed by atoms with Crippen molar-refractivity contribution in [2.45, 2.75) is 3.79 Å². The van der Waals surface area contributed by atoms with Crippen LogP contribution in [0.1, 0.15) is 0 Å². The highest BCUT2D eigenvalue weighted by molar-refractivity contribution is 6.89. The van der Waals surface area contributed by atoms with Gasteiger partial charge >= 0.3 is 0 Å². The minimum atomic E-state index is -1.92. The van der Waals surface area contributed by atoms with Crippen molar-refractivity contribution >= 4 is 115 Å². The van der Waals surface area contributed by atoms with Crippen LogP contribution in [0, 0.1) is 0 Å². The SMILES string of the molecule is ClC(=Nc1c(Cl)c(Cl)c(Cl)c(Cl)c1Cl)C(Cl)(Cl)Cl. The van der Waals surface area contributed by atoms with Crippen LogP contribution in [-0.2, 0) is 0 Å². The molecule has 0 aliphatic carbocycles. The second-order valence-electron chi connectivity index (χ2n) is 2.82. The largest absolute Gasteiger partial charge is 0.243 e. The van der Waals surface area contributed by atoms with Gasteiger partial charge in [-0.15, -0.1) is 0 Å². The Bertz CT molecular complexity index is 487. The molecule has 0 spiro atoms. The predicted molar refractivity (Wildman–Crippen MR) is 84.7 cm³/mol. The van der Waals surface area contributed by atoms with Crippen LogP contribution in [0.2, 0.25) is 25.1 Å². The summed E-state index contributed by atoms with van der Waals surface area (Å²) >= 11 is 51.6. The molecule has 10 heteroatoms. The molecule has 0 aliphatic rings. The smallest absolute Gasteiger partial charge is 0.233 e. The minimum Gasteiger partial charge on any atom is -0.233 e. The number of rotatable bonds is 1. The highest BCUT2D eigenvalue weighted by Crippen LogP contribution is 2.49. The Morgan fingerprint density at radius 1 is 0.722 bits per heavy atom. The van der Waals surface area contributed by atoms with Gasteiger partial charge in [-0.2, -0.15) is 0 Å². The standard InChI is InChI=1S/C8Cl9N/c9-1-2(10)4(12)6(5(13)3(1)11)18-7(14)8(15,16)17. The molecule has 0 aromatic heterocycles. The molecule has 0 aliphatic heterocycles. The number of hydrogen-bond acceptors (Lipinski definition) is 1. The molecule has 0 radical (unpaired) electrons. The molecule has 0 N–H and O–H groups in total. The van der Waals surface area contributed by atoms with Crippen molar-refractivity contribution in [3.63, 3.8) is 0 Å². The number of alkyl halides is 3. The lowest BCUT2D eigenvalue weighted by Gasteiger charge is -2.12. The first kappa shape index (κ1) is 17.6. The maximum absolute atomic E-state index is 5.92. The fraction of sp³-hybridized carbons (Fsp3) is 0.125. The van der Waals surface area contributed by atoms with Crippen molar-refractivity contribution < 1.29 is 0 Å². The van der Waals surface area contributed by atoms with Gasteiger partial charge in [-0.3, -0.25) is 0 Å². The van der Waals surface area contributed by atoms with Crippen molar-refractivity contribution in [3.05, 3.63) is 25.1 Å². The molecule has 0 unspecified atom stereocenters. The molecule has 0 saturated carbocycles. The van der Waals surface area contributed by atoms with Crippen molar-refractivity contribution in [1.82, 2.24) is 0 Å². The van der Waals surface area contributed by atoms with Gasteiger partial charge in [0.15, 0.2) is 5.17 Å². The average molecular weight is 429 g/mol. The second kappa shape index (κ2) is 6.51. The van der Waals surface area contributed by atoms with Crippen molar-refractivity contribution in [2.24, 2.45) is 4.99 Å². The van der Waals surface area contributed by atoms with Crippen molar-refractivity contribution in [1.29, 1.82) is 0 Å². The molecule has 0 saturated heterocycles. The minimum absolute atomic E-state index is 0.00251. The summed E-state index contributed by atoms with van der Waals surface area (Å²) in [6.45, 7) is 0. The third kappa shape index (κ3) is 3.78. The predicted octanol–water partition coefficient (Wildman–Crippen LogP) is 7.59. The van der Waals surface area contributed by atoms with E-state index in [0.29, 0.717) is 0 Å². The van der Waals surface area contributed by atoms with Gasteiger partial charge in [0.25, 0.3) is 0 Å². The molecule has 0 bridgehead atoms. The monoisotopic (exact) mass is 425 g/mol. The normalized spacial score (nSPS) is 13.1. The van der Waals surface area contributed by atoms with E-state index in [1.54, 1.807) is 0 Å². The first-order chi connectivity index (χ1) is 8.07. The summed E-state index contributed by atoms with van der Waals surface area (Å²) in [5, 5.41) is -0.532. The Morgan fingerprint density at radius 3 is 1.39 bits per heavy atom. The van der Waals surface area contributed by atoms with E-state index in [0.717, 1.165) is 0 Å². The topological polar surface area (TPSA) is 12.4 Å². The lowest BCUT2D eigenvalue weighted by atomic mass is 10.3. The fourth-order valence-corrected chi connectivity index (χ4v) is 2.28. The zero-order chi connectivity index (χ0) is 14.2. The Kier molecular flexibility index (Phi) is 6.35. The number of aliphatic imine (C=N–C) groups is 1. The maximum Gasteiger partial charge on any atom is 0.243 e. The van der Waals surface area contributed by atoms with Gasteiger partial charge in [-0.05, 0) is 0 Å². The van der Waals surface area contributed by atoms with Crippen molar-refractivity contribution in [2.75, 3.05) is 0 Å². The molecule has 18 heavy (non-hydrogen) atoms. The average Bonchev–Trinajstić information content (AvgIpc) is 2.28. The van der Waals surface area contributed by atoms with Gasteiger partial charge in [0.05, 0.1) is 25.1 Å². The summed E-state index contributed by atoms with van der Waals surface area (Å²) in [5.41, 5.74) is -0.0333. The highest BCUT2D eigenvalue weighted by Gasteiger charge is 2.28. The Labute approximate surface area is 148 Å². The first-order valence-corrected chi connectivity index (χ1v) is 7.30. The van der Waals surface area contributed by atoms with Crippen LogP contribution in [-0.4, -0.2) is 8.96 Å². The molecule has 0 heterocycles. The van der Waals surface area contributed by atoms with Crippen LogP contribution in [0.15, 0.2) is 4.99 Å².